The number of ether oxygens (including phenoxy) is 1. The van der Waals surface area contributed by atoms with E-state index in [1.807, 2.05) is 36.4 Å². The molecule has 0 saturated carbocycles. The number of aromatic hydroxyl groups is 1. The molecule has 0 fully saturated rings. The van der Waals surface area contributed by atoms with E-state index in [0.717, 1.165) is 16.5 Å². The van der Waals surface area contributed by atoms with Gasteiger partial charge in [-0.25, -0.2) is 9.97 Å². The van der Waals surface area contributed by atoms with Gasteiger partial charge in [-0.1, -0.05) is 24.3 Å². The van der Waals surface area contributed by atoms with Gasteiger partial charge in [-0.2, -0.15) is 0 Å². The third-order valence-corrected chi connectivity index (χ3v) is 4.21. The molecule has 0 saturated heterocycles. The number of nitrogens with one attached hydrogen (secondary N) is 1. The number of hydrogen-bond donors (Lipinski definition) is 2. The van der Waals surface area contributed by atoms with E-state index in [1.54, 1.807) is 37.7 Å². The second kappa shape index (κ2) is 7.29. The molecule has 2 aromatic heterocycles. The van der Waals surface area contributed by atoms with Gasteiger partial charge in [0.25, 0.3) is 0 Å². The molecule has 4 aromatic rings. The van der Waals surface area contributed by atoms with Crippen molar-refractivity contribution in [1.82, 2.24) is 15.0 Å². The standard InChI is InChI=1S/C21H18N4O2/c1-27-15-10-14(11-22-13-15)12-23-20-16-6-2-4-8-18(16)24-21(25-20)17-7-3-5-9-19(17)26/h2-11,13,26H,12H2,1H3,(H,23,24,25). The first-order valence-corrected chi connectivity index (χ1v) is 8.51. The van der Waals surface area contributed by atoms with Crippen molar-refractivity contribution < 1.29 is 9.84 Å². The summed E-state index contributed by atoms with van der Waals surface area (Å²) in [5.74, 6) is 2.02. The number of hydrogen-bond acceptors (Lipinski definition) is 6. The zero-order valence-corrected chi connectivity index (χ0v) is 14.8. The summed E-state index contributed by atoms with van der Waals surface area (Å²) in [5, 5.41) is 14.4. The molecule has 0 aliphatic rings. The molecule has 0 aliphatic heterocycles. The Morgan fingerprint density at radius 2 is 1.81 bits per heavy atom. The van der Waals surface area contributed by atoms with E-state index in [1.165, 1.54) is 0 Å². The van der Waals surface area contributed by atoms with E-state index in [0.29, 0.717) is 29.5 Å². The van der Waals surface area contributed by atoms with Crippen molar-refractivity contribution in [3.05, 3.63) is 72.6 Å². The van der Waals surface area contributed by atoms with Gasteiger partial charge in [0.05, 0.1) is 24.4 Å². The molecule has 4 rings (SSSR count). The Labute approximate surface area is 156 Å². The van der Waals surface area contributed by atoms with Gasteiger partial charge in [0.15, 0.2) is 5.82 Å². The Kier molecular flexibility index (Phi) is 4.53. The lowest BCUT2D eigenvalue weighted by atomic mass is 10.1. The normalized spacial score (nSPS) is 10.7. The molecule has 0 radical (unpaired) electrons. The monoisotopic (exact) mass is 358 g/mol. The van der Waals surface area contributed by atoms with E-state index in [-0.39, 0.29) is 5.75 Å². The fourth-order valence-electron chi connectivity index (χ4n) is 2.85. The number of methoxy groups -OCH3 is 1. The number of nitrogens with zero attached hydrogens (tertiary/aromatic N) is 3. The lowest BCUT2D eigenvalue weighted by Crippen LogP contribution is -2.05. The SMILES string of the molecule is COc1cncc(CNc2nc(-c3ccccc3O)nc3ccccc23)c1. The Morgan fingerprint density at radius 1 is 1.00 bits per heavy atom. The Hall–Kier alpha value is -3.67. The fraction of sp³-hybridized carbons (Fsp3) is 0.0952. The van der Waals surface area contributed by atoms with Gasteiger partial charge in [-0.15, -0.1) is 0 Å². The summed E-state index contributed by atoms with van der Waals surface area (Å²) >= 11 is 0. The highest BCUT2D eigenvalue weighted by atomic mass is 16.5. The van der Waals surface area contributed by atoms with Crippen LogP contribution in [0.3, 0.4) is 0 Å². The van der Waals surface area contributed by atoms with E-state index < -0.39 is 0 Å². The van der Waals surface area contributed by atoms with Crippen LogP contribution < -0.4 is 10.1 Å². The number of aromatic nitrogens is 3. The molecule has 0 bridgehead atoms. The molecule has 2 aromatic carbocycles. The number of phenols is 1. The largest absolute Gasteiger partial charge is 0.507 e. The van der Waals surface area contributed by atoms with Crippen molar-refractivity contribution in [1.29, 1.82) is 0 Å². The van der Waals surface area contributed by atoms with Crippen LogP contribution in [0.4, 0.5) is 5.82 Å². The molecule has 6 heteroatoms. The number of phenolic OH excluding ortho intramolecular Hbond substituents is 1. The predicted molar refractivity (Wildman–Crippen MR) is 105 cm³/mol. The molecule has 0 spiro atoms. The number of rotatable bonds is 5. The second-order valence-electron chi connectivity index (χ2n) is 6.02. The maximum Gasteiger partial charge on any atom is 0.165 e. The molecule has 0 amide bonds. The molecule has 0 atom stereocenters. The zero-order valence-electron chi connectivity index (χ0n) is 14.8. The highest BCUT2D eigenvalue weighted by molar-refractivity contribution is 5.90. The van der Waals surface area contributed by atoms with Gasteiger partial charge in [-0.3, -0.25) is 4.98 Å². The summed E-state index contributed by atoms with van der Waals surface area (Å²) < 4.78 is 5.22. The minimum absolute atomic E-state index is 0.149. The fourth-order valence-corrected chi connectivity index (χ4v) is 2.85. The van der Waals surface area contributed by atoms with Crippen LogP contribution in [0, 0.1) is 0 Å². The van der Waals surface area contributed by atoms with Crippen LogP contribution in [0.2, 0.25) is 0 Å². The van der Waals surface area contributed by atoms with Gasteiger partial charge >= 0.3 is 0 Å². The van der Waals surface area contributed by atoms with Gasteiger partial charge < -0.3 is 15.2 Å². The van der Waals surface area contributed by atoms with Gasteiger partial charge in [-0.05, 0) is 35.9 Å². The summed E-state index contributed by atoms with van der Waals surface area (Å²) in [6.07, 6.45) is 3.45. The lowest BCUT2D eigenvalue weighted by molar-refractivity contribution is 0.412. The van der Waals surface area contributed by atoms with Crippen LogP contribution in [0.25, 0.3) is 22.3 Å². The summed E-state index contributed by atoms with van der Waals surface area (Å²) in [5.41, 5.74) is 2.37. The van der Waals surface area contributed by atoms with Crippen molar-refractivity contribution in [2.24, 2.45) is 0 Å². The first kappa shape index (κ1) is 16.8. The van der Waals surface area contributed by atoms with E-state index in [2.05, 4.69) is 20.3 Å². The number of benzene rings is 2. The highest BCUT2D eigenvalue weighted by Crippen LogP contribution is 2.30. The minimum Gasteiger partial charge on any atom is -0.507 e. The topological polar surface area (TPSA) is 80.2 Å². The summed E-state index contributed by atoms with van der Waals surface area (Å²) in [4.78, 5) is 13.4. The summed E-state index contributed by atoms with van der Waals surface area (Å²) in [7, 11) is 1.62. The van der Waals surface area contributed by atoms with Crippen LogP contribution in [0.15, 0.2) is 67.0 Å². The van der Waals surface area contributed by atoms with Gasteiger partial charge in [0.1, 0.15) is 17.3 Å². The minimum atomic E-state index is 0.149. The number of anilines is 1. The molecule has 27 heavy (non-hydrogen) atoms. The molecule has 0 aliphatic carbocycles. The molecule has 134 valence electrons. The third kappa shape index (κ3) is 3.50. The van der Waals surface area contributed by atoms with E-state index in [9.17, 15) is 5.11 Å². The average molecular weight is 358 g/mol. The lowest BCUT2D eigenvalue weighted by Gasteiger charge is -2.12. The third-order valence-electron chi connectivity index (χ3n) is 4.21. The van der Waals surface area contributed by atoms with Gasteiger partial charge in [0, 0.05) is 18.1 Å². The van der Waals surface area contributed by atoms with Crippen LogP contribution >= 0.6 is 0 Å². The Bertz CT molecular complexity index is 1100. The average Bonchev–Trinajstić information content (AvgIpc) is 2.72. The van der Waals surface area contributed by atoms with Crippen molar-refractivity contribution in [3.63, 3.8) is 0 Å². The van der Waals surface area contributed by atoms with E-state index in [4.69, 9.17) is 4.74 Å². The van der Waals surface area contributed by atoms with Gasteiger partial charge in [0.2, 0.25) is 0 Å². The Morgan fingerprint density at radius 3 is 2.67 bits per heavy atom. The molecule has 2 heterocycles. The van der Waals surface area contributed by atoms with Crippen LogP contribution in [0.5, 0.6) is 11.5 Å². The molecular formula is C21H18N4O2. The highest BCUT2D eigenvalue weighted by Gasteiger charge is 2.12. The Balaban J connectivity index is 1.73. The number of pyridine rings is 1. The molecule has 6 nitrogen and oxygen atoms in total. The predicted octanol–water partition coefficient (Wildman–Crippen LogP) is 4.02. The van der Waals surface area contributed by atoms with E-state index >= 15 is 0 Å². The first-order chi connectivity index (χ1) is 13.2. The van der Waals surface area contributed by atoms with Crippen molar-refractivity contribution in [2.75, 3.05) is 12.4 Å². The maximum atomic E-state index is 10.2. The van der Waals surface area contributed by atoms with Crippen molar-refractivity contribution in [2.45, 2.75) is 6.54 Å². The van der Waals surface area contributed by atoms with Crippen LogP contribution in [0.1, 0.15) is 5.56 Å². The zero-order chi connectivity index (χ0) is 18.6. The quantitative estimate of drug-likeness (QED) is 0.561. The van der Waals surface area contributed by atoms with Crippen LogP contribution in [-0.4, -0.2) is 27.2 Å². The number of fused-ring (bicyclic) bond motifs is 1. The summed E-state index contributed by atoms with van der Waals surface area (Å²) in [6, 6.07) is 16.8. The smallest absolute Gasteiger partial charge is 0.165 e. The first-order valence-electron chi connectivity index (χ1n) is 8.51. The van der Waals surface area contributed by atoms with Crippen molar-refractivity contribution >= 4 is 16.7 Å². The summed E-state index contributed by atoms with van der Waals surface area (Å²) in [6.45, 7) is 0.533. The molecule has 0 unspecified atom stereocenters. The molecule has 2 N–H and O–H groups in total. The number of para-hydroxylation sites is 2. The molecular weight excluding hydrogens is 340 g/mol. The second-order valence-corrected chi connectivity index (χ2v) is 6.02. The maximum absolute atomic E-state index is 10.2. The van der Waals surface area contributed by atoms with Crippen LogP contribution in [-0.2, 0) is 6.54 Å². The van der Waals surface area contributed by atoms with Crippen molar-refractivity contribution in [3.8, 4) is 22.9 Å².